The summed E-state index contributed by atoms with van der Waals surface area (Å²) in [7, 11) is 0. The van der Waals surface area contributed by atoms with Crippen molar-refractivity contribution in [1.29, 1.82) is 0 Å². The number of alkyl halides is 3. The van der Waals surface area contributed by atoms with E-state index in [0.29, 0.717) is 5.02 Å². The summed E-state index contributed by atoms with van der Waals surface area (Å²) in [5.74, 6) is -0.339. The van der Waals surface area contributed by atoms with Crippen molar-refractivity contribution in [2.75, 3.05) is 0 Å². The lowest BCUT2D eigenvalue weighted by atomic mass is 10.1. The first-order chi connectivity index (χ1) is 6.73. The van der Waals surface area contributed by atoms with Gasteiger partial charge >= 0.3 is 0 Å². The van der Waals surface area contributed by atoms with Crippen molar-refractivity contribution in [1.82, 2.24) is 0 Å². The Kier molecular flexibility index (Phi) is 4.98. The molecule has 0 aliphatic rings. The van der Waals surface area contributed by atoms with Crippen LogP contribution < -0.4 is 0 Å². The Balaban J connectivity index is 3.33. The van der Waals surface area contributed by atoms with Crippen LogP contribution in [0.2, 0.25) is 15.1 Å². The highest BCUT2D eigenvalue weighted by atomic mass is 80.0. The minimum atomic E-state index is -1.08. The predicted molar refractivity (Wildman–Crippen MR) is 75.3 cm³/mol. The van der Waals surface area contributed by atoms with E-state index < -0.39 is 2.14 Å². The number of hydrogen-bond donors (Lipinski definition) is 0. The SMILES string of the molecule is O=C(c1c(Cl)cc(Cl)cc1Cl)C(Br)(Br)Br. The van der Waals surface area contributed by atoms with Crippen LogP contribution in [0.15, 0.2) is 12.1 Å². The highest BCUT2D eigenvalue weighted by molar-refractivity contribution is 9.40. The lowest BCUT2D eigenvalue weighted by molar-refractivity contribution is 0.101. The summed E-state index contributed by atoms with van der Waals surface area (Å²) in [5.41, 5.74) is 0.202. The van der Waals surface area contributed by atoms with E-state index in [1.54, 1.807) is 0 Å². The van der Waals surface area contributed by atoms with Crippen molar-refractivity contribution in [3.05, 3.63) is 32.8 Å². The van der Waals surface area contributed by atoms with Gasteiger partial charge in [0.2, 0.25) is 5.78 Å². The fraction of sp³-hybridized carbons (Fsp3) is 0.125. The van der Waals surface area contributed by atoms with Gasteiger partial charge in [0, 0.05) is 5.02 Å². The monoisotopic (exact) mass is 456 g/mol. The maximum atomic E-state index is 11.9. The molecule has 0 bridgehead atoms. The summed E-state index contributed by atoms with van der Waals surface area (Å²) in [6.07, 6.45) is 0. The van der Waals surface area contributed by atoms with Gasteiger partial charge in [0.1, 0.15) is 0 Å². The topological polar surface area (TPSA) is 17.1 Å². The van der Waals surface area contributed by atoms with Gasteiger partial charge in [-0.1, -0.05) is 82.6 Å². The molecule has 1 aromatic rings. The molecule has 0 spiro atoms. The summed E-state index contributed by atoms with van der Waals surface area (Å²) in [6.45, 7) is 0. The summed E-state index contributed by atoms with van der Waals surface area (Å²) in [5, 5.41) is 0.798. The van der Waals surface area contributed by atoms with E-state index >= 15 is 0 Å². The molecule has 0 aliphatic carbocycles. The molecule has 82 valence electrons. The average molecular weight is 460 g/mol. The number of carbonyl (C=O) groups is 1. The molecule has 15 heavy (non-hydrogen) atoms. The van der Waals surface area contributed by atoms with Crippen LogP contribution in [0.5, 0.6) is 0 Å². The second kappa shape index (κ2) is 5.23. The standard InChI is InChI=1S/C8H2Br3Cl3O/c9-8(10,11)7(15)6-4(13)1-3(12)2-5(6)14/h1-2H. The molecule has 0 heterocycles. The normalized spacial score (nSPS) is 11.6. The molecule has 0 unspecified atom stereocenters. The molecular weight excluding hydrogens is 458 g/mol. The molecule has 0 aliphatic heterocycles. The van der Waals surface area contributed by atoms with Crippen LogP contribution in [0.4, 0.5) is 0 Å². The van der Waals surface area contributed by atoms with Crippen LogP contribution in [-0.4, -0.2) is 7.93 Å². The van der Waals surface area contributed by atoms with Crippen molar-refractivity contribution in [2.24, 2.45) is 0 Å². The van der Waals surface area contributed by atoms with Gasteiger partial charge in [0.05, 0.1) is 15.6 Å². The molecule has 0 aromatic heterocycles. The Morgan fingerprint density at radius 1 is 1.07 bits per heavy atom. The van der Waals surface area contributed by atoms with Crippen LogP contribution in [0.3, 0.4) is 0 Å². The third kappa shape index (κ3) is 3.58. The smallest absolute Gasteiger partial charge is 0.204 e. The zero-order chi connectivity index (χ0) is 11.8. The molecule has 0 saturated heterocycles. The van der Waals surface area contributed by atoms with E-state index in [4.69, 9.17) is 34.8 Å². The predicted octanol–water partition coefficient (Wildman–Crippen LogP) is 5.67. The summed E-state index contributed by atoms with van der Waals surface area (Å²) >= 11 is 26.8. The molecule has 0 radical (unpaired) electrons. The van der Waals surface area contributed by atoms with E-state index in [1.165, 1.54) is 12.1 Å². The van der Waals surface area contributed by atoms with Crippen LogP contribution in [0.25, 0.3) is 0 Å². The average Bonchev–Trinajstić information content (AvgIpc) is 1.99. The van der Waals surface area contributed by atoms with Gasteiger partial charge in [-0.25, -0.2) is 0 Å². The summed E-state index contributed by atoms with van der Waals surface area (Å²) in [4.78, 5) is 11.9. The van der Waals surface area contributed by atoms with E-state index in [2.05, 4.69) is 47.8 Å². The quantitative estimate of drug-likeness (QED) is 0.390. The first-order valence-corrected chi connectivity index (χ1v) is 7.01. The van der Waals surface area contributed by atoms with Crippen LogP contribution in [0, 0.1) is 0 Å². The maximum absolute atomic E-state index is 11.9. The first kappa shape index (κ1) is 14.3. The fourth-order valence-electron chi connectivity index (χ4n) is 0.901. The van der Waals surface area contributed by atoms with Gasteiger partial charge in [-0.2, -0.15) is 0 Å². The molecular formula is C8H2Br3Cl3O. The molecule has 7 heteroatoms. The summed E-state index contributed by atoms with van der Waals surface area (Å²) in [6, 6.07) is 2.92. The summed E-state index contributed by atoms with van der Waals surface area (Å²) < 4.78 is -1.08. The second-order valence-corrected chi connectivity index (χ2v) is 10.6. The van der Waals surface area contributed by atoms with Crippen molar-refractivity contribution < 1.29 is 4.79 Å². The molecule has 0 fully saturated rings. The number of Topliss-reactive ketones (excluding diaryl/α,β-unsaturated/α-hetero) is 1. The number of carbonyl (C=O) groups excluding carboxylic acids is 1. The van der Waals surface area contributed by atoms with Crippen molar-refractivity contribution >= 4 is 88.4 Å². The van der Waals surface area contributed by atoms with Crippen molar-refractivity contribution in [2.45, 2.75) is 2.14 Å². The fourth-order valence-corrected chi connectivity index (χ4v) is 2.48. The Labute approximate surface area is 127 Å². The van der Waals surface area contributed by atoms with Crippen LogP contribution in [-0.2, 0) is 0 Å². The Morgan fingerprint density at radius 3 is 1.80 bits per heavy atom. The number of rotatable bonds is 1. The number of benzene rings is 1. The maximum Gasteiger partial charge on any atom is 0.204 e. The minimum absolute atomic E-state index is 0.202. The van der Waals surface area contributed by atoms with Gasteiger partial charge < -0.3 is 0 Å². The molecule has 1 nitrogen and oxygen atoms in total. The van der Waals surface area contributed by atoms with E-state index in [1.807, 2.05) is 0 Å². The van der Waals surface area contributed by atoms with E-state index in [-0.39, 0.29) is 21.4 Å². The van der Waals surface area contributed by atoms with Crippen LogP contribution in [0.1, 0.15) is 10.4 Å². The van der Waals surface area contributed by atoms with Crippen molar-refractivity contribution in [3.8, 4) is 0 Å². The number of ketones is 1. The highest BCUT2D eigenvalue weighted by Gasteiger charge is 2.32. The molecule has 0 N–H and O–H groups in total. The molecule has 0 amide bonds. The van der Waals surface area contributed by atoms with Gasteiger partial charge in [-0.05, 0) is 12.1 Å². The highest BCUT2D eigenvalue weighted by Crippen LogP contribution is 2.41. The lowest BCUT2D eigenvalue weighted by Gasteiger charge is -2.13. The van der Waals surface area contributed by atoms with Crippen molar-refractivity contribution in [3.63, 3.8) is 0 Å². The first-order valence-electron chi connectivity index (χ1n) is 3.49. The van der Waals surface area contributed by atoms with Gasteiger partial charge in [-0.15, -0.1) is 0 Å². The van der Waals surface area contributed by atoms with Gasteiger partial charge in [0.25, 0.3) is 0 Å². The minimum Gasteiger partial charge on any atom is -0.290 e. The second-order valence-electron chi connectivity index (χ2n) is 2.57. The Hall–Kier alpha value is 1.20. The third-order valence-corrected chi connectivity index (χ3v) is 3.39. The van der Waals surface area contributed by atoms with Gasteiger partial charge in [-0.3, -0.25) is 4.79 Å². The molecule has 0 atom stereocenters. The number of halogens is 6. The Morgan fingerprint density at radius 2 is 1.47 bits per heavy atom. The zero-order valence-electron chi connectivity index (χ0n) is 6.83. The van der Waals surface area contributed by atoms with Gasteiger partial charge in [0.15, 0.2) is 2.14 Å². The molecule has 1 rings (SSSR count). The lowest BCUT2D eigenvalue weighted by Crippen LogP contribution is -2.18. The van der Waals surface area contributed by atoms with Crippen LogP contribution >= 0.6 is 82.6 Å². The third-order valence-electron chi connectivity index (χ3n) is 1.49. The molecule has 1 aromatic carbocycles. The molecule has 0 saturated carbocycles. The van der Waals surface area contributed by atoms with E-state index in [9.17, 15) is 4.79 Å². The number of hydrogen-bond acceptors (Lipinski definition) is 1. The Bertz CT molecular complexity index is 391. The zero-order valence-corrected chi connectivity index (χ0v) is 13.9. The van der Waals surface area contributed by atoms with E-state index in [0.717, 1.165) is 0 Å². The largest absolute Gasteiger partial charge is 0.290 e.